The number of halogens is 3. The van der Waals surface area contributed by atoms with Crippen LogP contribution in [0.2, 0.25) is 0 Å². The molecule has 1 aromatic rings. The first-order valence-electron chi connectivity index (χ1n) is 7.47. The highest BCUT2D eigenvalue weighted by molar-refractivity contribution is 5.26. The van der Waals surface area contributed by atoms with E-state index in [9.17, 15) is 13.2 Å². The maximum Gasteiger partial charge on any atom is 0.416 e. The second-order valence-corrected chi connectivity index (χ2v) is 5.96. The van der Waals surface area contributed by atoms with E-state index in [4.69, 9.17) is 5.73 Å². The van der Waals surface area contributed by atoms with Crippen molar-refractivity contribution in [2.45, 2.75) is 44.9 Å². The van der Waals surface area contributed by atoms with Gasteiger partial charge in [-0.2, -0.15) is 13.2 Å². The Labute approximate surface area is 124 Å². The molecule has 1 aliphatic rings. The van der Waals surface area contributed by atoms with Crippen molar-refractivity contribution >= 4 is 0 Å². The average molecular weight is 300 g/mol. The normalized spacial score (nSPS) is 25.8. The summed E-state index contributed by atoms with van der Waals surface area (Å²) in [6.07, 6.45) is -2.00. The van der Waals surface area contributed by atoms with E-state index in [0.29, 0.717) is 18.5 Å². The lowest BCUT2D eigenvalue weighted by molar-refractivity contribution is -0.137. The largest absolute Gasteiger partial charge is 0.416 e. The summed E-state index contributed by atoms with van der Waals surface area (Å²) in [6, 6.07) is 5.88. The van der Waals surface area contributed by atoms with Gasteiger partial charge < -0.3 is 5.73 Å². The number of alkyl halides is 3. The summed E-state index contributed by atoms with van der Waals surface area (Å²) in [5.74, 6) is 0.528. The van der Waals surface area contributed by atoms with Crippen LogP contribution in [-0.2, 0) is 6.18 Å². The molecule has 1 heterocycles. The molecule has 0 aromatic heterocycles. The Hall–Kier alpha value is -1.07. The molecule has 2 N–H and O–H groups in total. The minimum atomic E-state index is -4.28. The number of nitrogens with zero attached hydrogens (tertiary/aromatic N) is 1. The number of piperidine rings is 1. The van der Waals surface area contributed by atoms with E-state index in [1.807, 2.05) is 6.92 Å². The number of benzene rings is 1. The van der Waals surface area contributed by atoms with Crippen LogP contribution in [0.25, 0.3) is 0 Å². The molecule has 0 radical (unpaired) electrons. The molecule has 0 spiro atoms. The van der Waals surface area contributed by atoms with Gasteiger partial charge in [0.1, 0.15) is 0 Å². The third-order valence-corrected chi connectivity index (χ3v) is 4.62. The first-order chi connectivity index (χ1) is 9.84. The summed E-state index contributed by atoms with van der Waals surface area (Å²) in [7, 11) is 0. The van der Waals surface area contributed by atoms with Gasteiger partial charge in [-0.25, -0.2) is 0 Å². The van der Waals surface area contributed by atoms with Gasteiger partial charge in [0.15, 0.2) is 0 Å². The van der Waals surface area contributed by atoms with Gasteiger partial charge in [-0.05, 0) is 49.9 Å². The predicted octanol–water partition coefficient (Wildman–Crippen LogP) is 3.83. The van der Waals surface area contributed by atoms with Gasteiger partial charge in [0.2, 0.25) is 0 Å². The molecule has 2 rings (SSSR count). The van der Waals surface area contributed by atoms with Gasteiger partial charge in [0, 0.05) is 18.6 Å². The van der Waals surface area contributed by atoms with Crippen molar-refractivity contribution in [3.63, 3.8) is 0 Å². The number of rotatable bonds is 3. The molecule has 0 aliphatic carbocycles. The monoisotopic (exact) mass is 300 g/mol. The highest BCUT2D eigenvalue weighted by Crippen LogP contribution is 2.33. The number of hydrogen-bond acceptors (Lipinski definition) is 2. The molecular formula is C16H23F3N2. The third-order valence-electron chi connectivity index (χ3n) is 4.62. The number of nitrogens with two attached hydrogens (primary N) is 1. The molecule has 1 saturated heterocycles. The summed E-state index contributed by atoms with van der Waals surface area (Å²) in [5, 5.41) is 0. The Morgan fingerprint density at radius 3 is 2.43 bits per heavy atom. The minimum absolute atomic E-state index is 0.0867. The van der Waals surface area contributed by atoms with Gasteiger partial charge in [0.05, 0.1) is 5.56 Å². The molecule has 0 amide bonds. The highest BCUT2D eigenvalue weighted by atomic mass is 19.4. The summed E-state index contributed by atoms with van der Waals surface area (Å²) in [6.45, 7) is 5.78. The van der Waals surface area contributed by atoms with Gasteiger partial charge in [-0.15, -0.1) is 0 Å². The second kappa shape index (κ2) is 6.36. The zero-order valence-corrected chi connectivity index (χ0v) is 12.5. The van der Waals surface area contributed by atoms with Crippen molar-refractivity contribution in [2.24, 2.45) is 11.7 Å². The van der Waals surface area contributed by atoms with Crippen LogP contribution in [-0.4, -0.2) is 24.0 Å². The van der Waals surface area contributed by atoms with E-state index in [0.717, 1.165) is 37.1 Å². The van der Waals surface area contributed by atoms with Crippen LogP contribution in [0.4, 0.5) is 13.2 Å². The van der Waals surface area contributed by atoms with Crippen molar-refractivity contribution in [1.29, 1.82) is 0 Å². The number of hydrogen-bond donors (Lipinski definition) is 1. The van der Waals surface area contributed by atoms with E-state index in [1.54, 1.807) is 12.1 Å². The fourth-order valence-electron chi connectivity index (χ4n) is 3.27. The van der Waals surface area contributed by atoms with Crippen LogP contribution in [0.1, 0.15) is 43.9 Å². The lowest BCUT2D eigenvalue weighted by Gasteiger charge is -2.43. The third kappa shape index (κ3) is 3.58. The first-order valence-corrected chi connectivity index (χ1v) is 7.47. The van der Waals surface area contributed by atoms with Gasteiger partial charge in [0.25, 0.3) is 0 Å². The Bertz CT molecular complexity index is 456. The van der Waals surface area contributed by atoms with Crippen LogP contribution in [0, 0.1) is 5.92 Å². The maximum atomic E-state index is 12.6. The Morgan fingerprint density at radius 1 is 1.29 bits per heavy atom. The van der Waals surface area contributed by atoms with Crippen molar-refractivity contribution < 1.29 is 13.2 Å². The van der Waals surface area contributed by atoms with E-state index in [1.165, 1.54) is 0 Å². The van der Waals surface area contributed by atoms with Crippen LogP contribution in [0.15, 0.2) is 24.3 Å². The van der Waals surface area contributed by atoms with Crippen molar-refractivity contribution in [3.05, 3.63) is 35.4 Å². The highest BCUT2D eigenvalue weighted by Gasteiger charge is 2.32. The van der Waals surface area contributed by atoms with Crippen LogP contribution in [0.5, 0.6) is 0 Å². The van der Waals surface area contributed by atoms with E-state index in [-0.39, 0.29) is 6.04 Å². The minimum Gasteiger partial charge on any atom is -0.329 e. The van der Waals surface area contributed by atoms with Gasteiger partial charge in [-0.3, -0.25) is 4.90 Å². The lowest BCUT2D eigenvalue weighted by Crippen LogP contribution is -2.49. The molecule has 1 aromatic carbocycles. The molecular weight excluding hydrogens is 277 g/mol. The molecule has 118 valence electrons. The second-order valence-electron chi connectivity index (χ2n) is 5.96. The van der Waals surface area contributed by atoms with E-state index >= 15 is 0 Å². The van der Waals surface area contributed by atoms with Crippen molar-refractivity contribution in [3.8, 4) is 0 Å². The summed E-state index contributed by atoms with van der Waals surface area (Å²) in [4.78, 5) is 2.33. The Kier molecular flexibility index (Phi) is 4.94. The van der Waals surface area contributed by atoms with Gasteiger partial charge >= 0.3 is 6.18 Å². The van der Waals surface area contributed by atoms with Crippen LogP contribution >= 0.6 is 0 Å². The zero-order valence-electron chi connectivity index (χ0n) is 12.5. The number of likely N-dealkylation sites (tertiary alicyclic amines) is 1. The molecule has 3 atom stereocenters. The van der Waals surface area contributed by atoms with E-state index < -0.39 is 11.7 Å². The predicted molar refractivity (Wildman–Crippen MR) is 77.8 cm³/mol. The van der Waals surface area contributed by atoms with Crippen molar-refractivity contribution in [1.82, 2.24) is 4.90 Å². The average Bonchev–Trinajstić information content (AvgIpc) is 2.45. The topological polar surface area (TPSA) is 29.3 Å². The lowest BCUT2D eigenvalue weighted by atomic mass is 9.88. The van der Waals surface area contributed by atoms with Crippen molar-refractivity contribution in [2.75, 3.05) is 13.1 Å². The zero-order chi connectivity index (χ0) is 15.6. The van der Waals surface area contributed by atoms with Crippen LogP contribution in [0.3, 0.4) is 0 Å². The molecule has 3 unspecified atom stereocenters. The standard InChI is InChI=1S/C16H23F3N2/c1-11-4-3-9-21(15(11)10-20)12(2)13-5-7-14(8-6-13)16(17,18)19/h5-8,11-12,15H,3-4,9-10,20H2,1-2H3. The molecule has 21 heavy (non-hydrogen) atoms. The first kappa shape index (κ1) is 16.3. The maximum absolute atomic E-state index is 12.6. The molecule has 0 saturated carbocycles. The smallest absolute Gasteiger partial charge is 0.329 e. The summed E-state index contributed by atoms with van der Waals surface area (Å²) < 4.78 is 37.8. The van der Waals surface area contributed by atoms with E-state index in [2.05, 4.69) is 11.8 Å². The molecule has 1 fully saturated rings. The summed E-state index contributed by atoms with van der Waals surface area (Å²) in [5.41, 5.74) is 6.21. The summed E-state index contributed by atoms with van der Waals surface area (Å²) >= 11 is 0. The van der Waals surface area contributed by atoms with Gasteiger partial charge in [-0.1, -0.05) is 19.1 Å². The quantitative estimate of drug-likeness (QED) is 0.919. The van der Waals surface area contributed by atoms with Crippen LogP contribution < -0.4 is 5.73 Å². The Morgan fingerprint density at radius 2 is 1.90 bits per heavy atom. The fourth-order valence-corrected chi connectivity index (χ4v) is 3.27. The molecule has 5 heteroatoms. The Balaban J connectivity index is 2.17. The SMILES string of the molecule is CC1CCCN(C(C)c2ccc(C(F)(F)F)cc2)C1CN. The fraction of sp³-hybridized carbons (Fsp3) is 0.625. The molecule has 0 bridgehead atoms. The molecule has 1 aliphatic heterocycles. The molecule has 2 nitrogen and oxygen atoms in total.